The van der Waals surface area contributed by atoms with Crippen molar-refractivity contribution >= 4 is 39.1 Å². The Bertz CT molecular complexity index is 970. The number of nitrogens with zero attached hydrogens (tertiary/aromatic N) is 1. The quantitative estimate of drug-likeness (QED) is 0.568. The number of hydrogen-bond donors (Lipinski definition) is 2. The Hall–Kier alpha value is -3.13. The van der Waals surface area contributed by atoms with Crippen LogP contribution in [0.5, 0.6) is 5.88 Å². The van der Waals surface area contributed by atoms with Gasteiger partial charge in [-0.05, 0) is 64.8 Å². The fourth-order valence-electron chi connectivity index (χ4n) is 2.45. The third-order valence-corrected chi connectivity index (χ3v) is 4.13. The van der Waals surface area contributed by atoms with Gasteiger partial charge in [0.15, 0.2) is 10.4 Å². The number of halogens is 1. The maximum atomic E-state index is 12.3. The van der Waals surface area contributed by atoms with Crippen molar-refractivity contribution in [1.82, 2.24) is 4.98 Å². The third-order valence-electron chi connectivity index (χ3n) is 3.70. The monoisotopic (exact) mass is 443 g/mol. The fraction of sp³-hybridized carbons (Fsp3) is 0.150. The molecule has 28 heavy (non-hydrogen) atoms. The number of nitrogens with one attached hydrogen (secondary N) is 2. The van der Waals surface area contributed by atoms with E-state index in [9.17, 15) is 9.59 Å². The molecule has 0 bridgehead atoms. The van der Waals surface area contributed by atoms with Gasteiger partial charge in [-0.3, -0.25) is 9.59 Å². The molecule has 0 unspecified atom stereocenters. The van der Waals surface area contributed by atoms with Gasteiger partial charge in [-0.2, -0.15) is 0 Å². The molecule has 1 aromatic carbocycles. The van der Waals surface area contributed by atoms with Gasteiger partial charge in [0.05, 0.1) is 13.0 Å². The normalized spacial score (nSPS) is 10.4. The zero-order chi connectivity index (χ0) is 19.9. The molecule has 0 atom stereocenters. The van der Waals surface area contributed by atoms with Crippen molar-refractivity contribution in [3.63, 3.8) is 0 Å². The van der Waals surface area contributed by atoms with E-state index in [1.54, 1.807) is 54.7 Å². The number of carbonyl (C=O) groups is 2. The van der Waals surface area contributed by atoms with Crippen LogP contribution in [0, 0.1) is 0 Å². The van der Waals surface area contributed by atoms with Crippen LogP contribution in [0.4, 0.5) is 11.4 Å². The first-order valence-corrected chi connectivity index (χ1v) is 9.37. The van der Waals surface area contributed by atoms with Crippen molar-refractivity contribution in [2.24, 2.45) is 0 Å². The summed E-state index contributed by atoms with van der Waals surface area (Å²) in [7, 11) is 0. The predicted molar refractivity (Wildman–Crippen MR) is 109 cm³/mol. The minimum atomic E-state index is -0.351. The number of amides is 2. The molecule has 0 aliphatic carbocycles. The average Bonchev–Trinajstić information content (AvgIpc) is 3.12. The number of furan rings is 1. The lowest BCUT2D eigenvalue weighted by molar-refractivity contribution is -0.115. The summed E-state index contributed by atoms with van der Waals surface area (Å²) in [5.41, 5.74) is 1.94. The van der Waals surface area contributed by atoms with Crippen LogP contribution in [0.1, 0.15) is 23.0 Å². The molecule has 0 spiro atoms. The van der Waals surface area contributed by atoms with Crippen molar-refractivity contribution in [3.05, 3.63) is 70.7 Å². The van der Waals surface area contributed by atoms with E-state index in [4.69, 9.17) is 9.15 Å². The first-order valence-electron chi connectivity index (χ1n) is 8.58. The van der Waals surface area contributed by atoms with Crippen LogP contribution in [0.2, 0.25) is 0 Å². The first-order chi connectivity index (χ1) is 13.5. The highest BCUT2D eigenvalue weighted by Gasteiger charge is 2.12. The molecule has 2 heterocycles. The molecule has 3 rings (SSSR count). The Morgan fingerprint density at radius 2 is 1.89 bits per heavy atom. The minimum absolute atomic E-state index is 0.180. The Balaban J connectivity index is 1.58. The molecule has 0 radical (unpaired) electrons. The lowest BCUT2D eigenvalue weighted by Crippen LogP contribution is -2.16. The Morgan fingerprint density at radius 3 is 2.57 bits per heavy atom. The van der Waals surface area contributed by atoms with Gasteiger partial charge < -0.3 is 19.8 Å². The minimum Gasteiger partial charge on any atom is -0.476 e. The molecule has 8 heteroatoms. The molecule has 2 N–H and O–H groups in total. The molecular formula is C20H18BrN3O4. The van der Waals surface area contributed by atoms with E-state index in [0.29, 0.717) is 28.5 Å². The Kier molecular flexibility index (Phi) is 6.44. The lowest BCUT2D eigenvalue weighted by atomic mass is 10.1. The number of hydrogen-bond acceptors (Lipinski definition) is 5. The summed E-state index contributed by atoms with van der Waals surface area (Å²) >= 11 is 3.16. The highest BCUT2D eigenvalue weighted by atomic mass is 79.9. The molecule has 0 aliphatic heterocycles. The largest absolute Gasteiger partial charge is 0.476 e. The average molecular weight is 444 g/mol. The number of benzene rings is 1. The molecular weight excluding hydrogens is 426 g/mol. The highest BCUT2D eigenvalue weighted by molar-refractivity contribution is 9.10. The smallest absolute Gasteiger partial charge is 0.291 e. The van der Waals surface area contributed by atoms with Crippen LogP contribution in [0.15, 0.2) is 63.8 Å². The zero-order valence-electron chi connectivity index (χ0n) is 15.1. The van der Waals surface area contributed by atoms with Gasteiger partial charge in [0.2, 0.25) is 11.8 Å². The maximum absolute atomic E-state index is 12.3. The first kappa shape index (κ1) is 19.6. The van der Waals surface area contributed by atoms with Crippen LogP contribution >= 0.6 is 15.9 Å². The van der Waals surface area contributed by atoms with Crippen LogP contribution < -0.4 is 15.4 Å². The third kappa shape index (κ3) is 5.20. The summed E-state index contributed by atoms with van der Waals surface area (Å²) in [6.45, 7) is 2.31. The molecule has 144 valence electrons. The standard InChI is InChI=1S/C20H18BrN3O4/c1-2-27-20-15(4-3-11-22-20)24-18(25)12-13-5-7-14(8-6-13)23-19(26)16-9-10-17(21)28-16/h3-11H,2,12H2,1H3,(H,23,26)(H,24,25). The molecule has 0 fully saturated rings. The van der Waals surface area contributed by atoms with Gasteiger partial charge in [-0.25, -0.2) is 4.98 Å². The maximum Gasteiger partial charge on any atom is 0.291 e. The van der Waals surface area contributed by atoms with E-state index >= 15 is 0 Å². The van der Waals surface area contributed by atoms with Gasteiger partial charge in [-0.15, -0.1) is 0 Å². The van der Waals surface area contributed by atoms with E-state index in [0.717, 1.165) is 5.56 Å². The van der Waals surface area contributed by atoms with Crippen molar-refractivity contribution < 1.29 is 18.7 Å². The van der Waals surface area contributed by atoms with Crippen LogP contribution in [-0.2, 0) is 11.2 Å². The van der Waals surface area contributed by atoms with Gasteiger partial charge in [0, 0.05) is 11.9 Å². The topological polar surface area (TPSA) is 93.5 Å². The zero-order valence-corrected chi connectivity index (χ0v) is 16.7. The lowest BCUT2D eigenvalue weighted by Gasteiger charge is -2.10. The van der Waals surface area contributed by atoms with Crippen molar-refractivity contribution in [1.29, 1.82) is 0 Å². The van der Waals surface area contributed by atoms with E-state index in [-0.39, 0.29) is 24.0 Å². The Morgan fingerprint density at radius 1 is 1.11 bits per heavy atom. The number of rotatable bonds is 7. The van der Waals surface area contributed by atoms with Gasteiger partial charge in [-0.1, -0.05) is 12.1 Å². The number of aromatic nitrogens is 1. The van der Waals surface area contributed by atoms with Crippen LogP contribution in [-0.4, -0.2) is 23.4 Å². The molecule has 2 aromatic heterocycles. The van der Waals surface area contributed by atoms with E-state index < -0.39 is 0 Å². The SMILES string of the molecule is CCOc1ncccc1NC(=O)Cc1ccc(NC(=O)c2ccc(Br)o2)cc1. The van der Waals surface area contributed by atoms with Crippen LogP contribution in [0.3, 0.4) is 0 Å². The molecule has 0 aliphatic rings. The molecule has 3 aromatic rings. The number of ether oxygens (including phenoxy) is 1. The molecule has 2 amide bonds. The summed E-state index contributed by atoms with van der Waals surface area (Å²) in [5, 5.41) is 5.54. The second kappa shape index (κ2) is 9.18. The second-order valence-corrected chi connectivity index (χ2v) is 6.55. The predicted octanol–water partition coefficient (Wildman–Crippen LogP) is 4.27. The summed E-state index contributed by atoms with van der Waals surface area (Å²) in [6.07, 6.45) is 1.79. The van der Waals surface area contributed by atoms with E-state index in [1.807, 2.05) is 6.92 Å². The van der Waals surface area contributed by atoms with Gasteiger partial charge >= 0.3 is 0 Å². The molecule has 0 saturated heterocycles. The summed E-state index contributed by atoms with van der Waals surface area (Å²) in [4.78, 5) is 28.5. The second-order valence-electron chi connectivity index (χ2n) is 5.77. The molecule has 0 saturated carbocycles. The summed E-state index contributed by atoms with van der Waals surface area (Å²) in [5.74, 6) is 0.0558. The van der Waals surface area contributed by atoms with Crippen molar-refractivity contribution in [3.8, 4) is 5.88 Å². The van der Waals surface area contributed by atoms with Crippen molar-refractivity contribution in [2.45, 2.75) is 13.3 Å². The fourth-order valence-corrected chi connectivity index (χ4v) is 2.76. The van der Waals surface area contributed by atoms with E-state index in [1.165, 1.54) is 0 Å². The summed E-state index contributed by atoms with van der Waals surface area (Å²) in [6, 6.07) is 13.7. The van der Waals surface area contributed by atoms with Crippen LogP contribution in [0.25, 0.3) is 0 Å². The van der Waals surface area contributed by atoms with Gasteiger partial charge in [0.25, 0.3) is 5.91 Å². The number of anilines is 2. The number of carbonyl (C=O) groups excluding carboxylic acids is 2. The summed E-state index contributed by atoms with van der Waals surface area (Å²) < 4.78 is 11.1. The van der Waals surface area contributed by atoms with E-state index in [2.05, 4.69) is 31.5 Å². The molecule has 7 nitrogen and oxygen atoms in total. The number of pyridine rings is 1. The highest BCUT2D eigenvalue weighted by Crippen LogP contribution is 2.21. The van der Waals surface area contributed by atoms with Gasteiger partial charge in [0.1, 0.15) is 5.69 Å². The van der Waals surface area contributed by atoms with Crippen molar-refractivity contribution in [2.75, 3.05) is 17.2 Å². The Labute approximate surface area is 170 Å².